The van der Waals surface area contributed by atoms with E-state index in [4.69, 9.17) is 0 Å². The highest BCUT2D eigenvalue weighted by Gasteiger charge is 2.28. The zero-order valence-corrected chi connectivity index (χ0v) is 31.5. The summed E-state index contributed by atoms with van der Waals surface area (Å²) in [6.45, 7) is 16.4. The molecule has 9 nitrogen and oxygen atoms in total. The average molecular weight is 692 g/mol. The number of aromatic nitrogens is 5. The van der Waals surface area contributed by atoms with Gasteiger partial charge in [0.1, 0.15) is 0 Å². The summed E-state index contributed by atoms with van der Waals surface area (Å²) in [4.78, 5) is 70.8. The van der Waals surface area contributed by atoms with Crippen LogP contribution in [-0.4, -0.2) is 48.1 Å². The topological polar surface area (TPSA) is 147 Å². The first-order valence-electron chi connectivity index (χ1n) is 18.8. The summed E-state index contributed by atoms with van der Waals surface area (Å²) in [6.07, 6.45) is 9.13. The fourth-order valence-corrected chi connectivity index (χ4v) is 7.91. The molecule has 0 unspecified atom stereocenters. The van der Waals surface area contributed by atoms with Gasteiger partial charge in [0.15, 0.2) is 23.1 Å². The monoisotopic (exact) mass is 691 g/mol. The summed E-state index contributed by atoms with van der Waals surface area (Å²) in [6, 6.07) is 3.97. The van der Waals surface area contributed by atoms with E-state index in [0.717, 1.165) is 93.0 Å². The van der Waals surface area contributed by atoms with Crippen LogP contribution in [0.4, 0.5) is 0 Å². The van der Waals surface area contributed by atoms with Crippen LogP contribution in [0.2, 0.25) is 0 Å². The van der Waals surface area contributed by atoms with Gasteiger partial charge in [-0.25, -0.2) is 0 Å². The van der Waals surface area contributed by atoms with Gasteiger partial charge in [0.05, 0.1) is 58.4 Å². The normalized spacial score (nSPS) is 11.5. The van der Waals surface area contributed by atoms with Crippen molar-refractivity contribution in [1.29, 1.82) is 0 Å². The Labute approximate surface area is 300 Å². The maximum atomic E-state index is 13.7. The standard InChI is InChI=1S/C42H53N5O4/c1-9-23-21-43-39(25(23)11-3)33(48)19-35(50)41-29(15-7)27(13-5)37(46-41)31-17-18-32(45-31)38-28(14-6)30(16-8)42(47-38)36(51)20-34(49)40-26(12-4)24(10-2)22-44-40/h17-18,21-22,43-47H,9-16,19-20H2,1-8H3. The number of aryl methyl sites for hydroxylation is 2. The Kier molecular flexibility index (Phi) is 11.7. The number of nitrogens with one attached hydrogen (secondary N) is 5. The molecule has 0 aliphatic heterocycles. The van der Waals surface area contributed by atoms with Gasteiger partial charge in [0, 0.05) is 12.4 Å². The minimum Gasteiger partial charge on any atom is -0.358 e. The van der Waals surface area contributed by atoms with Crippen LogP contribution in [0.25, 0.3) is 22.8 Å². The first-order chi connectivity index (χ1) is 24.6. The first kappa shape index (κ1) is 37.3. The molecule has 0 aromatic carbocycles. The molecule has 5 rings (SSSR count). The molecule has 0 amide bonds. The Bertz CT molecular complexity index is 1930. The number of hydrogen-bond donors (Lipinski definition) is 5. The van der Waals surface area contributed by atoms with Gasteiger partial charge >= 0.3 is 0 Å². The molecule has 0 aliphatic carbocycles. The maximum Gasteiger partial charge on any atom is 0.187 e. The van der Waals surface area contributed by atoms with Crippen molar-refractivity contribution in [2.45, 2.75) is 120 Å². The molecule has 270 valence electrons. The molecule has 0 saturated heterocycles. The van der Waals surface area contributed by atoms with E-state index in [2.05, 4.69) is 52.6 Å². The van der Waals surface area contributed by atoms with Gasteiger partial charge in [-0.15, -0.1) is 0 Å². The SMILES string of the molecule is CCc1c[nH]c(C(=O)CC(=O)c2[nH]c(-c3ccc(-c4[nH]c(C(=O)CC(=O)c5[nH]cc(CC)c5CC)c(CC)c4CC)[nH]3)c(CC)c2CC)c1CC. The van der Waals surface area contributed by atoms with E-state index in [-0.39, 0.29) is 36.0 Å². The fourth-order valence-electron chi connectivity index (χ4n) is 7.91. The van der Waals surface area contributed by atoms with Crippen LogP contribution in [0.15, 0.2) is 24.5 Å². The second-order valence-corrected chi connectivity index (χ2v) is 13.2. The first-order valence-corrected chi connectivity index (χ1v) is 18.8. The fraction of sp³-hybridized carbons (Fsp3) is 0.429. The van der Waals surface area contributed by atoms with Crippen LogP contribution < -0.4 is 0 Å². The van der Waals surface area contributed by atoms with Crippen molar-refractivity contribution < 1.29 is 19.2 Å². The number of carbonyl (C=O) groups excluding carboxylic acids is 4. The number of ketones is 4. The lowest BCUT2D eigenvalue weighted by atomic mass is 9.98. The zero-order valence-electron chi connectivity index (χ0n) is 31.5. The van der Waals surface area contributed by atoms with Crippen LogP contribution in [0.1, 0.15) is 155 Å². The van der Waals surface area contributed by atoms with Crippen molar-refractivity contribution in [3.63, 3.8) is 0 Å². The molecule has 5 heterocycles. The molecule has 0 aliphatic rings. The minimum atomic E-state index is -0.224. The van der Waals surface area contributed by atoms with Gasteiger partial charge in [-0.3, -0.25) is 19.2 Å². The quantitative estimate of drug-likeness (QED) is 0.0461. The van der Waals surface area contributed by atoms with Crippen LogP contribution in [-0.2, 0) is 51.4 Å². The largest absolute Gasteiger partial charge is 0.358 e. The zero-order chi connectivity index (χ0) is 37.0. The van der Waals surface area contributed by atoms with E-state index < -0.39 is 0 Å². The molecule has 5 N–H and O–H groups in total. The average Bonchev–Trinajstić information content (AvgIpc) is 3.97. The second kappa shape index (κ2) is 16.0. The molecule has 5 aromatic heterocycles. The number of hydrogen-bond acceptors (Lipinski definition) is 4. The van der Waals surface area contributed by atoms with Gasteiger partial charge < -0.3 is 24.9 Å². The smallest absolute Gasteiger partial charge is 0.187 e. The van der Waals surface area contributed by atoms with E-state index in [1.807, 2.05) is 52.2 Å². The van der Waals surface area contributed by atoms with Gasteiger partial charge in [-0.2, -0.15) is 0 Å². The van der Waals surface area contributed by atoms with E-state index in [1.165, 1.54) is 0 Å². The van der Waals surface area contributed by atoms with Crippen molar-refractivity contribution in [2.75, 3.05) is 0 Å². The summed E-state index contributed by atoms with van der Waals surface area (Å²) >= 11 is 0. The lowest BCUT2D eigenvalue weighted by Gasteiger charge is -2.05. The Hall–Kier alpha value is -4.92. The third kappa shape index (κ3) is 6.90. The third-order valence-electron chi connectivity index (χ3n) is 10.5. The highest BCUT2D eigenvalue weighted by atomic mass is 16.2. The van der Waals surface area contributed by atoms with Crippen molar-refractivity contribution >= 4 is 23.1 Å². The van der Waals surface area contributed by atoms with Gasteiger partial charge in [0.25, 0.3) is 0 Å². The molecule has 0 radical (unpaired) electrons. The predicted molar refractivity (Wildman–Crippen MR) is 204 cm³/mol. The molecule has 0 fully saturated rings. The summed E-state index contributed by atoms with van der Waals surface area (Å²) in [5.41, 5.74) is 13.4. The van der Waals surface area contributed by atoms with Crippen LogP contribution in [0, 0.1) is 0 Å². The summed E-state index contributed by atoms with van der Waals surface area (Å²) in [7, 11) is 0. The molecule has 0 bridgehead atoms. The summed E-state index contributed by atoms with van der Waals surface area (Å²) in [5, 5.41) is 0. The van der Waals surface area contributed by atoms with Crippen LogP contribution in [0.5, 0.6) is 0 Å². The maximum absolute atomic E-state index is 13.7. The lowest BCUT2D eigenvalue weighted by Crippen LogP contribution is -2.12. The minimum absolute atomic E-state index is 0.197. The van der Waals surface area contributed by atoms with Crippen LogP contribution >= 0.6 is 0 Å². The highest BCUT2D eigenvalue weighted by Crippen LogP contribution is 2.35. The molecular weight excluding hydrogens is 638 g/mol. The van der Waals surface area contributed by atoms with Crippen molar-refractivity contribution in [3.05, 3.63) is 91.8 Å². The van der Waals surface area contributed by atoms with Gasteiger partial charge in [0.2, 0.25) is 0 Å². The lowest BCUT2D eigenvalue weighted by molar-refractivity contribution is 0.0872. The molecule has 5 aromatic rings. The Morgan fingerprint density at radius 3 is 1.06 bits per heavy atom. The third-order valence-corrected chi connectivity index (χ3v) is 10.5. The molecule has 0 spiro atoms. The molecule has 0 saturated carbocycles. The van der Waals surface area contributed by atoms with E-state index >= 15 is 0 Å². The van der Waals surface area contributed by atoms with Crippen LogP contribution in [0.3, 0.4) is 0 Å². The number of carbonyl (C=O) groups is 4. The second-order valence-electron chi connectivity index (χ2n) is 13.2. The number of Topliss-reactive ketones (excluding diaryl/α,β-unsaturated/α-hetero) is 4. The Morgan fingerprint density at radius 1 is 0.412 bits per heavy atom. The number of rotatable bonds is 18. The molecule has 9 heteroatoms. The Balaban J connectivity index is 1.45. The molecular formula is C42H53N5O4. The molecule has 51 heavy (non-hydrogen) atoms. The summed E-state index contributed by atoms with van der Waals surface area (Å²) in [5.74, 6) is -0.842. The van der Waals surface area contributed by atoms with Crippen molar-refractivity contribution in [2.24, 2.45) is 0 Å². The van der Waals surface area contributed by atoms with Crippen molar-refractivity contribution in [3.8, 4) is 22.8 Å². The van der Waals surface area contributed by atoms with Gasteiger partial charge in [-0.05, 0) is 108 Å². The van der Waals surface area contributed by atoms with Crippen molar-refractivity contribution in [1.82, 2.24) is 24.9 Å². The number of H-pyrrole nitrogens is 5. The highest BCUT2D eigenvalue weighted by molar-refractivity contribution is 6.14. The Morgan fingerprint density at radius 2 is 0.745 bits per heavy atom. The summed E-state index contributed by atoms with van der Waals surface area (Å²) < 4.78 is 0. The van der Waals surface area contributed by atoms with E-state index in [0.29, 0.717) is 48.5 Å². The van der Waals surface area contributed by atoms with E-state index in [9.17, 15) is 19.2 Å². The van der Waals surface area contributed by atoms with E-state index in [1.54, 1.807) is 0 Å². The number of aromatic amines is 5. The molecule has 0 atom stereocenters. The van der Waals surface area contributed by atoms with Gasteiger partial charge in [-0.1, -0.05) is 55.4 Å². The predicted octanol–water partition coefficient (Wildman–Crippen LogP) is 9.07.